The van der Waals surface area contributed by atoms with Crippen molar-refractivity contribution < 1.29 is 14.0 Å². The Balaban J connectivity index is 2.47. The van der Waals surface area contributed by atoms with Crippen LogP contribution in [0.1, 0.15) is 18.9 Å². The predicted octanol–water partition coefficient (Wildman–Crippen LogP) is 1.18. The van der Waals surface area contributed by atoms with Crippen LogP contribution in [0.15, 0.2) is 18.2 Å². The van der Waals surface area contributed by atoms with Crippen molar-refractivity contribution in [3.05, 3.63) is 29.6 Å². The number of imide groups is 1. The van der Waals surface area contributed by atoms with Crippen LogP contribution in [-0.2, 0) is 16.1 Å². The zero-order chi connectivity index (χ0) is 12.6. The molecule has 1 saturated heterocycles. The van der Waals surface area contributed by atoms with Crippen LogP contribution < -0.4 is 10.6 Å². The van der Waals surface area contributed by atoms with Gasteiger partial charge in [0.05, 0.1) is 5.69 Å². The molecule has 0 spiro atoms. The average Bonchev–Trinajstić information content (AvgIpc) is 2.54. The lowest BCUT2D eigenvalue weighted by atomic mass is 10.1. The molecule has 1 aromatic carbocycles. The van der Waals surface area contributed by atoms with E-state index in [1.165, 1.54) is 18.2 Å². The Bertz CT molecular complexity index is 487. The summed E-state index contributed by atoms with van der Waals surface area (Å²) in [6, 6.07) is 3.89. The molecule has 90 valence electrons. The second-order valence-electron chi connectivity index (χ2n) is 4.15. The summed E-state index contributed by atoms with van der Waals surface area (Å²) in [5.74, 6) is -1.26. The smallest absolute Gasteiger partial charge is 0.237 e. The number of anilines is 1. The van der Waals surface area contributed by atoms with Crippen molar-refractivity contribution >= 4 is 17.5 Å². The van der Waals surface area contributed by atoms with Gasteiger partial charge in [-0.3, -0.25) is 9.59 Å². The molecule has 0 bridgehead atoms. The van der Waals surface area contributed by atoms with Crippen LogP contribution >= 0.6 is 0 Å². The van der Waals surface area contributed by atoms with E-state index >= 15 is 0 Å². The SMILES string of the molecule is CC1CC(=O)N(c2ccc(F)cc2CN)C1=O. The summed E-state index contributed by atoms with van der Waals surface area (Å²) in [6.45, 7) is 1.78. The van der Waals surface area contributed by atoms with Crippen LogP contribution in [0.5, 0.6) is 0 Å². The molecule has 0 aliphatic carbocycles. The van der Waals surface area contributed by atoms with Gasteiger partial charge in [0.2, 0.25) is 11.8 Å². The number of carbonyl (C=O) groups is 2. The van der Waals surface area contributed by atoms with E-state index in [4.69, 9.17) is 5.73 Å². The van der Waals surface area contributed by atoms with Crippen LogP contribution in [0, 0.1) is 11.7 Å². The molecule has 4 nitrogen and oxygen atoms in total. The molecule has 2 rings (SSSR count). The summed E-state index contributed by atoms with van der Waals surface area (Å²) in [5.41, 5.74) is 6.35. The molecule has 1 heterocycles. The molecule has 2 N–H and O–H groups in total. The number of rotatable bonds is 2. The summed E-state index contributed by atoms with van der Waals surface area (Å²) in [7, 11) is 0. The van der Waals surface area contributed by atoms with Gasteiger partial charge in [-0.15, -0.1) is 0 Å². The predicted molar refractivity (Wildman–Crippen MR) is 60.6 cm³/mol. The third-order valence-corrected chi connectivity index (χ3v) is 2.87. The minimum atomic E-state index is -0.429. The summed E-state index contributed by atoms with van der Waals surface area (Å²) in [6.07, 6.45) is 0.195. The van der Waals surface area contributed by atoms with Gasteiger partial charge in [0.1, 0.15) is 5.82 Å². The highest BCUT2D eigenvalue weighted by Crippen LogP contribution is 2.29. The standard InChI is InChI=1S/C12H13FN2O2/c1-7-4-11(16)15(12(7)17)10-3-2-9(13)5-8(10)6-14/h2-3,5,7H,4,6,14H2,1H3. The van der Waals surface area contributed by atoms with Gasteiger partial charge in [0.15, 0.2) is 0 Å². The first kappa shape index (κ1) is 11.7. The van der Waals surface area contributed by atoms with Crippen molar-refractivity contribution in [2.45, 2.75) is 19.9 Å². The van der Waals surface area contributed by atoms with Crippen LogP contribution in [0.25, 0.3) is 0 Å². The maximum absolute atomic E-state index is 13.0. The zero-order valence-corrected chi connectivity index (χ0v) is 9.44. The number of hydrogen-bond acceptors (Lipinski definition) is 3. The molecule has 1 unspecified atom stereocenters. The molecule has 0 aromatic heterocycles. The van der Waals surface area contributed by atoms with Gasteiger partial charge in [-0.05, 0) is 23.8 Å². The second-order valence-corrected chi connectivity index (χ2v) is 4.15. The molecule has 1 fully saturated rings. The molecule has 1 aliphatic rings. The number of nitrogens with two attached hydrogens (primary N) is 1. The number of amides is 2. The molecular weight excluding hydrogens is 223 g/mol. The number of nitrogens with zero attached hydrogens (tertiary/aromatic N) is 1. The number of carbonyl (C=O) groups excluding carboxylic acids is 2. The molecule has 17 heavy (non-hydrogen) atoms. The number of hydrogen-bond donors (Lipinski definition) is 1. The van der Waals surface area contributed by atoms with Gasteiger partial charge in [-0.1, -0.05) is 6.92 Å². The van der Waals surface area contributed by atoms with Crippen molar-refractivity contribution in [1.29, 1.82) is 0 Å². The first-order valence-electron chi connectivity index (χ1n) is 5.40. The zero-order valence-electron chi connectivity index (χ0n) is 9.44. The fourth-order valence-corrected chi connectivity index (χ4v) is 1.97. The van der Waals surface area contributed by atoms with Crippen LogP contribution in [0.4, 0.5) is 10.1 Å². The number of benzene rings is 1. The van der Waals surface area contributed by atoms with Gasteiger partial charge < -0.3 is 5.73 Å². The van der Waals surface area contributed by atoms with E-state index < -0.39 is 5.82 Å². The minimum absolute atomic E-state index is 0.0819. The van der Waals surface area contributed by atoms with E-state index in [2.05, 4.69) is 0 Å². The Kier molecular flexibility index (Phi) is 2.93. The second kappa shape index (κ2) is 4.25. The van der Waals surface area contributed by atoms with Gasteiger partial charge >= 0.3 is 0 Å². The van der Waals surface area contributed by atoms with E-state index in [0.29, 0.717) is 11.3 Å². The van der Waals surface area contributed by atoms with Gasteiger partial charge in [-0.2, -0.15) is 0 Å². The van der Waals surface area contributed by atoms with Gasteiger partial charge in [-0.25, -0.2) is 9.29 Å². The highest BCUT2D eigenvalue weighted by molar-refractivity contribution is 6.21. The lowest BCUT2D eigenvalue weighted by Crippen LogP contribution is -2.31. The van der Waals surface area contributed by atoms with E-state index in [0.717, 1.165) is 4.90 Å². The monoisotopic (exact) mass is 236 g/mol. The largest absolute Gasteiger partial charge is 0.326 e. The van der Waals surface area contributed by atoms with Crippen LogP contribution in [-0.4, -0.2) is 11.8 Å². The first-order valence-corrected chi connectivity index (χ1v) is 5.40. The van der Waals surface area contributed by atoms with Crippen LogP contribution in [0.2, 0.25) is 0 Å². The van der Waals surface area contributed by atoms with E-state index in [9.17, 15) is 14.0 Å². The quantitative estimate of drug-likeness (QED) is 0.784. The highest BCUT2D eigenvalue weighted by Gasteiger charge is 2.37. The molecule has 0 saturated carbocycles. The molecule has 1 aliphatic heterocycles. The average molecular weight is 236 g/mol. The highest BCUT2D eigenvalue weighted by atomic mass is 19.1. The van der Waals surface area contributed by atoms with E-state index in [1.807, 2.05) is 0 Å². The lowest BCUT2D eigenvalue weighted by molar-refractivity contribution is -0.122. The van der Waals surface area contributed by atoms with Crippen molar-refractivity contribution in [3.63, 3.8) is 0 Å². The van der Waals surface area contributed by atoms with Crippen molar-refractivity contribution in [2.75, 3.05) is 4.90 Å². The summed E-state index contributed by atoms with van der Waals surface area (Å²) in [5, 5.41) is 0. The normalized spacial score (nSPS) is 20.2. The number of halogens is 1. The molecule has 1 aromatic rings. The Hall–Kier alpha value is -1.75. The van der Waals surface area contributed by atoms with Crippen LogP contribution in [0.3, 0.4) is 0 Å². The third kappa shape index (κ3) is 1.93. The summed E-state index contributed by atoms with van der Waals surface area (Å²) in [4.78, 5) is 24.7. The van der Waals surface area contributed by atoms with Gasteiger partial charge in [0, 0.05) is 18.9 Å². The lowest BCUT2D eigenvalue weighted by Gasteiger charge is -2.17. The Morgan fingerprint density at radius 1 is 1.47 bits per heavy atom. The molecular formula is C12H13FN2O2. The minimum Gasteiger partial charge on any atom is -0.326 e. The Morgan fingerprint density at radius 3 is 2.71 bits per heavy atom. The topological polar surface area (TPSA) is 63.4 Å². The van der Waals surface area contributed by atoms with E-state index in [1.54, 1.807) is 6.92 Å². The van der Waals surface area contributed by atoms with Crippen molar-refractivity contribution in [2.24, 2.45) is 11.7 Å². The molecule has 1 atom stereocenters. The molecule has 0 radical (unpaired) electrons. The van der Waals surface area contributed by atoms with E-state index in [-0.39, 0.29) is 30.7 Å². The van der Waals surface area contributed by atoms with Crippen molar-refractivity contribution in [1.82, 2.24) is 0 Å². The molecule has 5 heteroatoms. The summed E-state index contributed by atoms with van der Waals surface area (Å²) >= 11 is 0. The first-order chi connectivity index (χ1) is 8.04. The fourth-order valence-electron chi connectivity index (χ4n) is 1.97. The maximum Gasteiger partial charge on any atom is 0.237 e. The maximum atomic E-state index is 13.0. The Labute approximate surface area is 98.2 Å². The fraction of sp³-hybridized carbons (Fsp3) is 0.333. The van der Waals surface area contributed by atoms with Gasteiger partial charge in [0.25, 0.3) is 0 Å². The summed E-state index contributed by atoms with van der Waals surface area (Å²) < 4.78 is 13.0. The van der Waals surface area contributed by atoms with Crippen molar-refractivity contribution in [3.8, 4) is 0 Å². The third-order valence-electron chi connectivity index (χ3n) is 2.87. The Morgan fingerprint density at radius 2 is 2.18 bits per heavy atom. The molecule has 2 amide bonds.